The Morgan fingerprint density at radius 2 is 1.82 bits per heavy atom. The van der Waals surface area contributed by atoms with Crippen LogP contribution in [0.4, 0.5) is 10.5 Å². The number of primary amides is 1. The Balaban J connectivity index is 1.38. The Bertz CT molecular complexity index is 1210. The van der Waals surface area contributed by atoms with E-state index >= 15 is 0 Å². The lowest BCUT2D eigenvalue weighted by Crippen LogP contribution is -2.38. The zero-order valence-electron chi connectivity index (χ0n) is 23.0. The number of rotatable bonds is 6. The first-order chi connectivity index (χ1) is 18.0. The SMILES string of the molecule is Cc1cc(N(C)C(N)=O)cc(C)c1CCS(=O)(=O)N1CCCC=C=C(C2CCC3(CC2)CC3)NC(=O)CC1. The quantitative estimate of drug-likeness (QED) is 0.522. The number of carbonyl (C=O) groups is 2. The summed E-state index contributed by atoms with van der Waals surface area (Å²) >= 11 is 0. The van der Waals surface area contributed by atoms with Gasteiger partial charge in [-0.3, -0.25) is 9.69 Å². The van der Waals surface area contributed by atoms with Crippen LogP contribution in [0.15, 0.2) is 29.6 Å². The molecule has 2 saturated carbocycles. The first-order valence-electron chi connectivity index (χ1n) is 13.9. The lowest BCUT2D eigenvalue weighted by Gasteiger charge is -2.29. The second-order valence-electron chi connectivity index (χ2n) is 11.4. The number of amides is 3. The van der Waals surface area contributed by atoms with Crippen LogP contribution in [-0.2, 0) is 21.2 Å². The molecule has 0 saturated heterocycles. The van der Waals surface area contributed by atoms with E-state index in [2.05, 4.69) is 11.0 Å². The first-order valence-corrected chi connectivity index (χ1v) is 15.5. The molecular weight excluding hydrogens is 500 g/mol. The number of allylic oxidation sites excluding steroid dienone is 1. The third-order valence-electron chi connectivity index (χ3n) is 8.69. The summed E-state index contributed by atoms with van der Waals surface area (Å²) in [5.74, 6) is 0.156. The van der Waals surface area contributed by atoms with E-state index in [0.29, 0.717) is 36.4 Å². The monoisotopic (exact) mass is 542 g/mol. The number of anilines is 1. The normalized spacial score (nSPS) is 20.9. The highest BCUT2D eigenvalue weighted by Crippen LogP contribution is 2.57. The van der Waals surface area contributed by atoms with Gasteiger partial charge < -0.3 is 11.1 Å². The second-order valence-corrected chi connectivity index (χ2v) is 13.5. The summed E-state index contributed by atoms with van der Waals surface area (Å²) in [6, 6.07) is 3.15. The molecule has 9 heteroatoms. The fourth-order valence-corrected chi connectivity index (χ4v) is 7.38. The predicted molar refractivity (Wildman–Crippen MR) is 150 cm³/mol. The Morgan fingerprint density at radius 1 is 1.16 bits per heavy atom. The van der Waals surface area contributed by atoms with Gasteiger partial charge in [-0.05, 0) is 112 Å². The van der Waals surface area contributed by atoms with E-state index in [9.17, 15) is 18.0 Å². The molecule has 2 fully saturated rings. The molecule has 3 aliphatic rings. The number of sulfonamides is 1. The fraction of sp³-hybridized carbons (Fsp3) is 0.621. The van der Waals surface area contributed by atoms with E-state index in [1.807, 2.05) is 32.1 Å². The van der Waals surface area contributed by atoms with Crippen molar-refractivity contribution in [1.82, 2.24) is 9.62 Å². The van der Waals surface area contributed by atoms with Crippen LogP contribution < -0.4 is 16.0 Å². The molecular formula is C29H42N4O4S. The van der Waals surface area contributed by atoms with Gasteiger partial charge in [0.15, 0.2) is 0 Å². The first kappa shape index (κ1) is 28.4. The molecule has 38 heavy (non-hydrogen) atoms. The van der Waals surface area contributed by atoms with Crippen molar-refractivity contribution in [2.75, 3.05) is 30.8 Å². The van der Waals surface area contributed by atoms with Gasteiger partial charge in [0, 0.05) is 38.2 Å². The van der Waals surface area contributed by atoms with Crippen LogP contribution in [0.2, 0.25) is 0 Å². The van der Waals surface area contributed by atoms with Gasteiger partial charge in [-0.2, -0.15) is 0 Å². The molecule has 0 radical (unpaired) electrons. The lowest BCUT2D eigenvalue weighted by molar-refractivity contribution is -0.120. The molecule has 0 aromatic heterocycles. The molecule has 3 amide bonds. The van der Waals surface area contributed by atoms with Crippen molar-refractivity contribution in [2.24, 2.45) is 17.1 Å². The van der Waals surface area contributed by atoms with Gasteiger partial charge in [-0.15, -0.1) is 5.73 Å². The van der Waals surface area contributed by atoms with Gasteiger partial charge >= 0.3 is 6.03 Å². The van der Waals surface area contributed by atoms with Crippen molar-refractivity contribution in [3.8, 4) is 0 Å². The standard InChI is InChI=1S/C29H42N4O4S/c1-21-19-24(32(3)28(30)35)20-22(2)25(21)11-18-38(36,37)33-16-6-4-5-7-26(31-27(34)10-17-33)23-8-12-29(13-9-23)14-15-29/h5,19-20,23H,4,6,8-18H2,1-3H3,(H2,30,35)(H,31,34). The van der Waals surface area contributed by atoms with Crippen LogP contribution in [0.3, 0.4) is 0 Å². The van der Waals surface area contributed by atoms with Crippen LogP contribution in [0.1, 0.15) is 74.5 Å². The number of hydrogen-bond donors (Lipinski definition) is 2. The summed E-state index contributed by atoms with van der Waals surface area (Å²) in [4.78, 5) is 25.7. The van der Waals surface area contributed by atoms with E-state index in [1.165, 1.54) is 34.9 Å². The second kappa shape index (κ2) is 11.6. The Labute approximate surface area is 227 Å². The average Bonchev–Trinajstić information content (AvgIpc) is 3.62. The van der Waals surface area contributed by atoms with E-state index in [4.69, 9.17) is 5.73 Å². The van der Waals surface area contributed by atoms with Gasteiger partial charge in [-0.25, -0.2) is 17.5 Å². The number of nitrogens with zero attached hydrogens (tertiary/aromatic N) is 2. The largest absolute Gasteiger partial charge is 0.351 e. The zero-order valence-corrected chi connectivity index (χ0v) is 23.8. The van der Waals surface area contributed by atoms with Crippen LogP contribution >= 0.6 is 0 Å². The van der Waals surface area contributed by atoms with Crippen molar-refractivity contribution in [1.29, 1.82) is 0 Å². The van der Waals surface area contributed by atoms with Crippen LogP contribution in [0.25, 0.3) is 0 Å². The van der Waals surface area contributed by atoms with Gasteiger partial charge in [0.25, 0.3) is 0 Å². The summed E-state index contributed by atoms with van der Waals surface area (Å²) in [5, 5.41) is 3.08. The third kappa shape index (κ3) is 6.87. The smallest absolute Gasteiger partial charge is 0.318 e. The van der Waals surface area contributed by atoms with Gasteiger partial charge in [0.05, 0.1) is 11.4 Å². The Morgan fingerprint density at radius 3 is 2.42 bits per heavy atom. The van der Waals surface area contributed by atoms with Crippen molar-refractivity contribution in [3.05, 3.63) is 46.3 Å². The number of aryl methyl sites for hydroxylation is 2. The number of hydrogen-bond acceptors (Lipinski definition) is 4. The predicted octanol–water partition coefficient (Wildman–Crippen LogP) is 4.30. The molecule has 3 N–H and O–H groups in total. The third-order valence-corrected chi connectivity index (χ3v) is 10.6. The molecule has 1 spiro atoms. The highest BCUT2D eigenvalue weighted by atomic mass is 32.2. The highest BCUT2D eigenvalue weighted by molar-refractivity contribution is 7.89. The molecule has 1 aliphatic heterocycles. The minimum absolute atomic E-state index is 0.0372. The Hall–Kier alpha value is -2.61. The summed E-state index contributed by atoms with van der Waals surface area (Å²) in [6.45, 7) is 4.39. The summed E-state index contributed by atoms with van der Waals surface area (Å²) in [7, 11) is -1.96. The summed E-state index contributed by atoms with van der Waals surface area (Å²) in [6.07, 6.45) is 11.2. The lowest BCUT2D eigenvalue weighted by atomic mass is 9.78. The average molecular weight is 543 g/mol. The van der Waals surface area contributed by atoms with Gasteiger partial charge in [0.1, 0.15) is 0 Å². The molecule has 2 aliphatic carbocycles. The number of benzene rings is 1. The number of nitrogens with one attached hydrogen (secondary N) is 1. The molecule has 0 unspecified atom stereocenters. The summed E-state index contributed by atoms with van der Waals surface area (Å²) in [5.41, 5.74) is 13.7. The topological polar surface area (TPSA) is 113 Å². The van der Waals surface area contributed by atoms with E-state index < -0.39 is 16.1 Å². The van der Waals surface area contributed by atoms with Crippen molar-refractivity contribution in [2.45, 2.75) is 78.1 Å². The molecule has 208 valence electrons. The maximum atomic E-state index is 13.4. The highest BCUT2D eigenvalue weighted by Gasteiger charge is 2.45. The molecule has 8 nitrogen and oxygen atoms in total. The summed E-state index contributed by atoms with van der Waals surface area (Å²) < 4.78 is 28.2. The maximum Gasteiger partial charge on any atom is 0.318 e. The number of urea groups is 1. The maximum absolute atomic E-state index is 13.4. The fourth-order valence-electron chi connectivity index (χ4n) is 5.88. The van der Waals surface area contributed by atoms with Gasteiger partial charge in [-0.1, -0.05) is 0 Å². The molecule has 1 heterocycles. The van der Waals surface area contributed by atoms with Crippen molar-refractivity contribution in [3.63, 3.8) is 0 Å². The molecule has 4 rings (SSSR count). The van der Waals surface area contributed by atoms with E-state index in [-0.39, 0.29) is 24.6 Å². The molecule has 0 atom stereocenters. The zero-order chi connectivity index (χ0) is 27.5. The van der Waals surface area contributed by atoms with E-state index in [1.54, 1.807) is 7.05 Å². The number of carbonyl (C=O) groups excluding carboxylic acids is 2. The minimum Gasteiger partial charge on any atom is -0.351 e. The molecule has 1 aromatic carbocycles. The minimum atomic E-state index is -3.57. The molecule has 1 aromatic rings. The van der Waals surface area contributed by atoms with Crippen molar-refractivity contribution < 1.29 is 18.0 Å². The van der Waals surface area contributed by atoms with Crippen LogP contribution in [-0.4, -0.2) is 50.6 Å². The number of nitrogens with two attached hydrogens (primary N) is 1. The van der Waals surface area contributed by atoms with E-state index in [0.717, 1.165) is 41.6 Å². The Kier molecular flexibility index (Phi) is 8.70. The van der Waals surface area contributed by atoms with Crippen LogP contribution in [0.5, 0.6) is 0 Å². The van der Waals surface area contributed by atoms with Gasteiger partial charge in [0.2, 0.25) is 15.9 Å². The van der Waals surface area contributed by atoms with Crippen molar-refractivity contribution >= 4 is 27.6 Å². The molecule has 0 bridgehead atoms. The van der Waals surface area contributed by atoms with Crippen LogP contribution in [0, 0.1) is 25.2 Å².